The molecule has 30 heavy (non-hydrogen) atoms. The van der Waals surface area contributed by atoms with Crippen molar-refractivity contribution in [2.75, 3.05) is 57.3 Å². The highest BCUT2D eigenvalue weighted by molar-refractivity contribution is 5.91. The molecule has 7 nitrogen and oxygen atoms in total. The molecular weight excluding hydrogens is 380 g/mol. The predicted octanol–water partition coefficient (Wildman–Crippen LogP) is 1.99. The quantitative estimate of drug-likeness (QED) is 0.789. The van der Waals surface area contributed by atoms with Gasteiger partial charge in [-0.2, -0.15) is 0 Å². The van der Waals surface area contributed by atoms with Crippen molar-refractivity contribution in [1.82, 2.24) is 15.1 Å². The van der Waals surface area contributed by atoms with Gasteiger partial charge in [0.25, 0.3) is 5.91 Å². The topological polar surface area (TPSA) is 69.0 Å². The second kappa shape index (κ2) is 9.34. The highest BCUT2D eigenvalue weighted by Gasteiger charge is 2.26. The van der Waals surface area contributed by atoms with E-state index in [-0.39, 0.29) is 11.8 Å². The van der Waals surface area contributed by atoms with Crippen LogP contribution >= 0.6 is 0 Å². The van der Waals surface area contributed by atoms with Crippen LogP contribution in [0.5, 0.6) is 0 Å². The Morgan fingerprint density at radius 3 is 2.50 bits per heavy atom. The van der Waals surface area contributed by atoms with Crippen LogP contribution in [0.2, 0.25) is 0 Å². The lowest BCUT2D eigenvalue weighted by molar-refractivity contribution is -0.122. The van der Waals surface area contributed by atoms with Crippen molar-refractivity contribution in [2.24, 2.45) is 5.92 Å². The molecule has 160 valence electrons. The Kier molecular flexibility index (Phi) is 6.38. The molecule has 0 spiro atoms. The monoisotopic (exact) mass is 410 g/mol. The second-order valence-electron chi connectivity index (χ2n) is 8.22. The maximum atomic E-state index is 12.5. The molecule has 1 aromatic heterocycles. The number of hydrogen-bond acceptors (Lipinski definition) is 5. The van der Waals surface area contributed by atoms with Gasteiger partial charge in [-0.05, 0) is 43.5 Å². The molecule has 7 heteroatoms. The lowest BCUT2D eigenvalue weighted by atomic mass is 10.1. The highest BCUT2D eigenvalue weighted by atomic mass is 16.3. The van der Waals surface area contributed by atoms with E-state index in [4.69, 9.17) is 4.42 Å². The third kappa shape index (κ3) is 5.02. The molecule has 0 bridgehead atoms. The Hall–Kier alpha value is -2.80. The van der Waals surface area contributed by atoms with Gasteiger partial charge < -0.3 is 19.5 Å². The van der Waals surface area contributed by atoms with Crippen LogP contribution in [0.15, 0.2) is 46.9 Å². The molecule has 1 atom stereocenters. The van der Waals surface area contributed by atoms with E-state index in [0.29, 0.717) is 44.4 Å². The van der Waals surface area contributed by atoms with Crippen molar-refractivity contribution in [3.8, 4) is 0 Å². The van der Waals surface area contributed by atoms with Gasteiger partial charge in [0.2, 0.25) is 5.91 Å². The minimum Gasteiger partial charge on any atom is -0.456 e. The van der Waals surface area contributed by atoms with Crippen LogP contribution in [0.4, 0.5) is 5.69 Å². The van der Waals surface area contributed by atoms with Crippen LogP contribution in [0.3, 0.4) is 0 Å². The van der Waals surface area contributed by atoms with E-state index >= 15 is 0 Å². The van der Waals surface area contributed by atoms with Crippen LogP contribution in [-0.4, -0.2) is 74.0 Å². The van der Waals surface area contributed by atoms with Gasteiger partial charge in [-0.3, -0.25) is 14.5 Å². The fourth-order valence-corrected chi connectivity index (χ4v) is 4.20. The lowest BCUT2D eigenvalue weighted by Crippen LogP contribution is -2.51. The molecule has 2 saturated heterocycles. The first kappa shape index (κ1) is 20.5. The van der Waals surface area contributed by atoms with Gasteiger partial charge in [0.15, 0.2) is 5.76 Å². The van der Waals surface area contributed by atoms with Crippen molar-refractivity contribution in [2.45, 2.75) is 13.3 Å². The molecule has 3 heterocycles. The summed E-state index contributed by atoms with van der Waals surface area (Å²) in [6, 6.07) is 14.0. The Balaban J connectivity index is 1.16. The number of para-hydroxylation sites is 1. The van der Waals surface area contributed by atoms with Crippen molar-refractivity contribution in [1.29, 1.82) is 0 Å². The van der Waals surface area contributed by atoms with Gasteiger partial charge in [0.05, 0.1) is 6.54 Å². The lowest BCUT2D eigenvalue weighted by Gasteiger charge is -2.33. The summed E-state index contributed by atoms with van der Waals surface area (Å²) >= 11 is 0. The number of amides is 2. The number of benzene rings is 1. The van der Waals surface area contributed by atoms with E-state index in [1.165, 1.54) is 5.69 Å². The summed E-state index contributed by atoms with van der Waals surface area (Å²) in [5.74, 6) is 1.61. The fourth-order valence-electron chi connectivity index (χ4n) is 4.20. The molecule has 1 aromatic carbocycles. The Morgan fingerprint density at radius 2 is 1.80 bits per heavy atom. The van der Waals surface area contributed by atoms with Crippen LogP contribution < -0.4 is 10.2 Å². The number of anilines is 1. The van der Waals surface area contributed by atoms with Crippen molar-refractivity contribution < 1.29 is 14.0 Å². The van der Waals surface area contributed by atoms with Crippen molar-refractivity contribution in [3.63, 3.8) is 0 Å². The largest absolute Gasteiger partial charge is 0.456 e. The Morgan fingerprint density at radius 1 is 1.03 bits per heavy atom. The zero-order valence-electron chi connectivity index (χ0n) is 17.5. The minimum absolute atomic E-state index is 0.0644. The summed E-state index contributed by atoms with van der Waals surface area (Å²) in [5, 5.41) is 3.10. The normalized spacial score (nSPS) is 19.8. The van der Waals surface area contributed by atoms with E-state index in [1.54, 1.807) is 17.0 Å². The second-order valence-corrected chi connectivity index (χ2v) is 8.22. The number of furan rings is 1. The first-order valence-corrected chi connectivity index (χ1v) is 10.7. The summed E-state index contributed by atoms with van der Waals surface area (Å²) in [5.41, 5.74) is 1.25. The number of aryl methyl sites for hydroxylation is 1. The number of piperazine rings is 1. The molecule has 2 aliphatic rings. The average Bonchev–Trinajstić information content (AvgIpc) is 3.42. The average molecular weight is 411 g/mol. The number of rotatable bonds is 6. The molecule has 1 N–H and O–H groups in total. The number of carbonyl (C=O) groups is 2. The molecular formula is C23H30N4O3. The number of nitrogens with one attached hydrogen (secondary N) is 1. The predicted molar refractivity (Wildman–Crippen MR) is 116 cm³/mol. The molecule has 2 aromatic rings. The highest BCUT2D eigenvalue weighted by Crippen LogP contribution is 2.23. The van der Waals surface area contributed by atoms with Gasteiger partial charge in [0, 0.05) is 51.5 Å². The molecule has 2 fully saturated rings. The SMILES string of the molecule is Cc1ccc(C(=O)N2CCN(CC(=O)NCC3CCN(c4ccccc4)C3)CC2)o1. The Labute approximate surface area is 177 Å². The van der Waals surface area contributed by atoms with Gasteiger partial charge in [-0.15, -0.1) is 0 Å². The summed E-state index contributed by atoms with van der Waals surface area (Å²) in [7, 11) is 0. The van der Waals surface area contributed by atoms with Crippen LogP contribution in [-0.2, 0) is 4.79 Å². The maximum absolute atomic E-state index is 12.5. The molecule has 0 aliphatic carbocycles. The van der Waals surface area contributed by atoms with Gasteiger partial charge >= 0.3 is 0 Å². The molecule has 4 rings (SSSR count). The summed E-state index contributed by atoms with van der Waals surface area (Å²) in [6.07, 6.45) is 1.10. The molecule has 2 aliphatic heterocycles. The number of nitrogens with zero attached hydrogens (tertiary/aromatic N) is 3. The molecule has 0 radical (unpaired) electrons. The Bertz CT molecular complexity index is 858. The zero-order valence-corrected chi connectivity index (χ0v) is 17.5. The van der Waals surface area contributed by atoms with E-state index in [9.17, 15) is 9.59 Å². The summed E-state index contributed by atoms with van der Waals surface area (Å²) in [6.45, 7) is 7.58. The zero-order chi connectivity index (χ0) is 20.9. The smallest absolute Gasteiger partial charge is 0.289 e. The molecule has 0 saturated carbocycles. The summed E-state index contributed by atoms with van der Waals surface area (Å²) < 4.78 is 5.43. The van der Waals surface area contributed by atoms with Crippen molar-refractivity contribution in [3.05, 3.63) is 54.0 Å². The van der Waals surface area contributed by atoms with E-state index < -0.39 is 0 Å². The third-order valence-electron chi connectivity index (χ3n) is 5.97. The first-order valence-electron chi connectivity index (χ1n) is 10.7. The van der Waals surface area contributed by atoms with Crippen molar-refractivity contribution >= 4 is 17.5 Å². The molecule has 1 unspecified atom stereocenters. The first-order chi connectivity index (χ1) is 14.6. The standard InChI is InChI=1S/C23H30N4O3/c1-18-7-8-21(30-18)23(29)26-13-11-25(12-14-26)17-22(28)24-15-19-9-10-27(16-19)20-5-3-2-4-6-20/h2-8,19H,9-17H2,1H3,(H,24,28). The summed E-state index contributed by atoms with van der Waals surface area (Å²) in [4.78, 5) is 31.1. The minimum atomic E-state index is -0.0728. The van der Waals surface area contributed by atoms with Crippen LogP contribution in [0.25, 0.3) is 0 Å². The van der Waals surface area contributed by atoms with Gasteiger partial charge in [-0.1, -0.05) is 18.2 Å². The maximum Gasteiger partial charge on any atom is 0.289 e. The van der Waals surface area contributed by atoms with Gasteiger partial charge in [-0.25, -0.2) is 0 Å². The van der Waals surface area contributed by atoms with E-state index in [2.05, 4.69) is 39.4 Å². The molecule has 2 amide bonds. The fraction of sp³-hybridized carbons (Fsp3) is 0.478. The van der Waals surface area contributed by atoms with Gasteiger partial charge in [0.1, 0.15) is 5.76 Å². The third-order valence-corrected chi connectivity index (χ3v) is 5.97. The van der Waals surface area contributed by atoms with E-state index in [0.717, 1.165) is 31.8 Å². The van der Waals surface area contributed by atoms with Crippen LogP contribution in [0, 0.1) is 12.8 Å². The van der Waals surface area contributed by atoms with E-state index in [1.807, 2.05) is 13.0 Å². The van der Waals surface area contributed by atoms with Crippen LogP contribution in [0.1, 0.15) is 22.7 Å². The number of carbonyl (C=O) groups excluding carboxylic acids is 2. The number of hydrogen-bond donors (Lipinski definition) is 1.